The molecule has 0 spiro atoms. The maximum Gasteiger partial charge on any atom is 0.0453 e. The van der Waals surface area contributed by atoms with Crippen molar-refractivity contribution in [3.63, 3.8) is 0 Å². The minimum absolute atomic E-state index is 0.00399. The number of rotatable bonds is 8. The smallest absolute Gasteiger partial charge is 0.0453 e. The van der Waals surface area contributed by atoms with Gasteiger partial charge >= 0.3 is 0 Å². The number of benzene rings is 1. The second-order valence-electron chi connectivity index (χ2n) is 5.66. The highest BCUT2D eigenvalue weighted by Gasteiger charge is 2.15. The van der Waals surface area contributed by atoms with Crippen LogP contribution < -0.4 is 5.73 Å². The standard InChI is InChI=1S/C16H28ClN3/c1-5-20(13(2)12-19(3)4)11-10-16(18)14-8-6-7-9-15(14)17/h6-9,13,16H,5,10-12,18H2,1-4H3. The average molecular weight is 298 g/mol. The molecule has 0 amide bonds. The van der Waals surface area contributed by atoms with Crippen molar-refractivity contribution in [3.8, 4) is 0 Å². The molecule has 0 aliphatic heterocycles. The van der Waals surface area contributed by atoms with Crippen molar-refractivity contribution < 1.29 is 0 Å². The van der Waals surface area contributed by atoms with Gasteiger partial charge in [0.15, 0.2) is 0 Å². The lowest BCUT2D eigenvalue weighted by Crippen LogP contribution is -2.41. The van der Waals surface area contributed by atoms with Crippen molar-refractivity contribution in [1.29, 1.82) is 0 Å². The first-order valence-corrected chi connectivity index (χ1v) is 7.72. The van der Waals surface area contributed by atoms with Gasteiger partial charge in [0.25, 0.3) is 0 Å². The molecule has 2 atom stereocenters. The van der Waals surface area contributed by atoms with E-state index in [0.29, 0.717) is 6.04 Å². The van der Waals surface area contributed by atoms with Crippen molar-refractivity contribution in [3.05, 3.63) is 34.9 Å². The largest absolute Gasteiger partial charge is 0.324 e. The molecule has 3 nitrogen and oxygen atoms in total. The Morgan fingerprint density at radius 1 is 1.25 bits per heavy atom. The van der Waals surface area contributed by atoms with Crippen molar-refractivity contribution >= 4 is 11.6 Å². The fraction of sp³-hybridized carbons (Fsp3) is 0.625. The van der Waals surface area contributed by atoms with Gasteiger partial charge in [0.1, 0.15) is 0 Å². The van der Waals surface area contributed by atoms with Crippen LogP contribution in [0.2, 0.25) is 5.02 Å². The number of nitrogens with two attached hydrogens (primary N) is 1. The van der Waals surface area contributed by atoms with Gasteiger partial charge in [0.2, 0.25) is 0 Å². The molecule has 0 saturated carbocycles. The lowest BCUT2D eigenvalue weighted by Gasteiger charge is -2.30. The Balaban J connectivity index is 2.54. The van der Waals surface area contributed by atoms with E-state index in [1.165, 1.54) is 0 Å². The Hall–Kier alpha value is -0.610. The van der Waals surface area contributed by atoms with E-state index < -0.39 is 0 Å². The number of likely N-dealkylation sites (N-methyl/N-ethyl adjacent to an activating group) is 2. The molecule has 0 aliphatic carbocycles. The van der Waals surface area contributed by atoms with Crippen LogP contribution in [0, 0.1) is 0 Å². The maximum absolute atomic E-state index is 6.28. The van der Waals surface area contributed by atoms with Crippen molar-refractivity contribution in [2.45, 2.75) is 32.4 Å². The quantitative estimate of drug-likeness (QED) is 0.800. The van der Waals surface area contributed by atoms with E-state index >= 15 is 0 Å². The molecular weight excluding hydrogens is 270 g/mol. The predicted molar refractivity (Wildman–Crippen MR) is 88.3 cm³/mol. The first kappa shape index (κ1) is 17.4. The maximum atomic E-state index is 6.28. The molecule has 0 aliphatic rings. The highest BCUT2D eigenvalue weighted by atomic mass is 35.5. The second-order valence-corrected chi connectivity index (χ2v) is 6.06. The lowest BCUT2D eigenvalue weighted by molar-refractivity contribution is 0.176. The van der Waals surface area contributed by atoms with Gasteiger partial charge in [0.05, 0.1) is 0 Å². The third-order valence-electron chi connectivity index (χ3n) is 3.69. The summed E-state index contributed by atoms with van der Waals surface area (Å²) in [7, 11) is 4.22. The van der Waals surface area contributed by atoms with E-state index in [4.69, 9.17) is 17.3 Å². The van der Waals surface area contributed by atoms with Crippen LogP contribution in [-0.4, -0.2) is 49.6 Å². The molecule has 1 aromatic rings. The van der Waals surface area contributed by atoms with Crippen LogP contribution >= 0.6 is 11.6 Å². The molecule has 0 saturated heterocycles. The highest BCUT2D eigenvalue weighted by molar-refractivity contribution is 6.31. The Labute approximate surface area is 128 Å². The summed E-state index contributed by atoms with van der Waals surface area (Å²) in [6.45, 7) is 7.58. The van der Waals surface area contributed by atoms with E-state index in [1.54, 1.807) is 0 Å². The van der Waals surface area contributed by atoms with Gasteiger partial charge in [-0.3, -0.25) is 4.90 Å². The molecule has 2 unspecified atom stereocenters. The SMILES string of the molecule is CCN(CCC(N)c1ccccc1Cl)C(C)CN(C)C. The van der Waals surface area contributed by atoms with Crippen LogP contribution in [-0.2, 0) is 0 Å². The normalized spacial score (nSPS) is 14.8. The zero-order valence-electron chi connectivity index (χ0n) is 13.1. The lowest BCUT2D eigenvalue weighted by atomic mass is 10.0. The zero-order valence-corrected chi connectivity index (χ0v) is 13.9. The van der Waals surface area contributed by atoms with Crippen LogP contribution in [0.5, 0.6) is 0 Å². The molecule has 2 N–H and O–H groups in total. The summed E-state index contributed by atoms with van der Waals surface area (Å²) in [6.07, 6.45) is 0.926. The molecule has 114 valence electrons. The average Bonchev–Trinajstić information content (AvgIpc) is 2.38. The number of halogens is 1. The molecule has 20 heavy (non-hydrogen) atoms. The van der Waals surface area contributed by atoms with Crippen LogP contribution in [0.15, 0.2) is 24.3 Å². The van der Waals surface area contributed by atoms with Gasteiger partial charge in [0, 0.05) is 30.2 Å². The fourth-order valence-electron chi connectivity index (χ4n) is 2.57. The summed E-state index contributed by atoms with van der Waals surface area (Å²) < 4.78 is 0. The van der Waals surface area contributed by atoms with E-state index in [0.717, 1.165) is 36.6 Å². The van der Waals surface area contributed by atoms with E-state index in [2.05, 4.69) is 37.7 Å². The molecule has 1 rings (SSSR count). The second kappa shape index (κ2) is 8.63. The molecule has 0 fully saturated rings. The number of hydrogen-bond donors (Lipinski definition) is 1. The van der Waals surface area contributed by atoms with Crippen LogP contribution in [0.3, 0.4) is 0 Å². The molecule has 0 radical (unpaired) electrons. The van der Waals surface area contributed by atoms with E-state index in [1.807, 2.05) is 24.3 Å². The Kier molecular flexibility index (Phi) is 7.52. The van der Waals surface area contributed by atoms with Crippen LogP contribution in [0.4, 0.5) is 0 Å². The molecular formula is C16H28ClN3. The first-order chi connectivity index (χ1) is 9.45. The molecule has 4 heteroatoms. The van der Waals surface area contributed by atoms with Crippen LogP contribution in [0.25, 0.3) is 0 Å². The minimum Gasteiger partial charge on any atom is -0.324 e. The third kappa shape index (κ3) is 5.41. The summed E-state index contributed by atoms with van der Waals surface area (Å²) in [6, 6.07) is 8.40. The van der Waals surface area contributed by atoms with Gasteiger partial charge in [-0.1, -0.05) is 36.7 Å². The molecule has 0 bridgehead atoms. The molecule has 0 aromatic heterocycles. The minimum atomic E-state index is 0.00399. The molecule has 1 aromatic carbocycles. The highest BCUT2D eigenvalue weighted by Crippen LogP contribution is 2.23. The van der Waals surface area contributed by atoms with Gasteiger partial charge < -0.3 is 10.6 Å². The summed E-state index contributed by atoms with van der Waals surface area (Å²) >= 11 is 6.20. The van der Waals surface area contributed by atoms with Crippen molar-refractivity contribution in [2.24, 2.45) is 5.73 Å². The van der Waals surface area contributed by atoms with E-state index in [9.17, 15) is 0 Å². The topological polar surface area (TPSA) is 32.5 Å². The van der Waals surface area contributed by atoms with Gasteiger partial charge in [-0.25, -0.2) is 0 Å². The zero-order chi connectivity index (χ0) is 15.1. The Morgan fingerprint density at radius 2 is 1.90 bits per heavy atom. The van der Waals surface area contributed by atoms with Crippen molar-refractivity contribution in [2.75, 3.05) is 33.7 Å². The summed E-state index contributed by atoms with van der Waals surface area (Å²) in [5.74, 6) is 0. The van der Waals surface area contributed by atoms with Gasteiger partial charge in [-0.15, -0.1) is 0 Å². The monoisotopic (exact) mass is 297 g/mol. The molecule has 0 heterocycles. The summed E-state index contributed by atoms with van der Waals surface area (Å²) in [4.78, 5) is 4.69. The summed E-state index contributed by atoms with van der Waals surface area (Å²) in [5, 5.41) is 0.768. The van der Waals surface area contributed by atoms with Gasteiger partial charge in [-0.05, 0) is 45.6 Å². The third-order valence-corrected chi connectivity index (χ3v) is 4.04. The predicted octanol–water partition coefficient (Wildman–Crippen LogP) is 3.00. The van der Waals surface area contributed by atoms with Crippen LogP contribution in [0.1, 0.15) is 31.9 Å². The van der Waals surface area contributed by atoms with Gasteiger partial charge in [-0.2, -0.15) is 0 Å². The van der Waals surface area contributed by atoms with E-state index in [-0.39, 0.29) is 6.04 Å². The Bertz CT molecular complexity index is 395. The number of hydrogen-bond acceptors (Lipinski definition) is 3. The summed E-state index contributed by atoms with van der Waals surface area (Å²) in [5.41, 5.74) is 7.33. The first-order valence-electron chi connectivity index (χ1n) is 7.34. The fourth-order valence-corrected chi connectivity index (χ4v) is 2.85. The number of nitrogens with zero attached hydrogens (tertiary/aromatic N) is 2. The Morgan fingerprint density at radius 3 is 2.45 bits per heavy atom. The van der Waals surface area contributed by atoms with Crippen molar-refractivity contribution in [1.82, 2.24) is 9.80 Å².